The molecular formula is C19H23N3O3. The number of carbonyl (C=O) groups excluding carboxylic acids is 1. The number of pyridine rings is 1. The smallest absolute Gasteiger partial charge is 0.224 e. The number of hydrogen-bond donors (Lipinski definition) is 1. The van der Waals surface area contributed by atoms with E-state index in [9.17, 15) is 4.79 Å². The summed E-state index contributed by atoms with van der Waals surface area (Å²) in [5.74, 6) is 1.71. The van der Waals surface area contributed by atoms with Gasteiger partial charge < -0.3 is 19.7 Å². The number of nitrogens with one attached hydrogen (secondary N) is 1. The molecule has 1 fully saturated rings. The molecule has 2 heterocycles. The van der Waals surface area contributed by atoms with Crippen LogP contribution in [0.4, 0.5) is 11.5 Å². The summed E-state index contributed by atoms with van der Waals surface area (Å²) in [5, 5.41) is 2.87. The van der Waals surface area contributed by atoms with Gasteiger partial charge in [-0.2, -0.15) is 0 Å². The molecule has 0 unspecified atom stereocenters. The second kappa shape index (κ2) is 9.03. The van der Waals surface area contributed by atoms with E-state index >= 15 is 0 Å². The average molecular weight is 341 g/mol. The Kier molecular flexibility index (Phi) is 6.23. The molecule has 6 heteroatoms. The molecule has 1 aromatic heterocycles. The van der Waals surface area contributed by atoms with Crippen LogP contribution in [0.3, 0.4) is 0 Å². The largest absolute Gasteiger partial charge is 0.494 e. The van der Waals surface area contributed by atoms with Crippen molar-refractivity contribution in [3.8, 4) is 5.75 Å². The monoisotopic (exact) mass is 341 g/mol. The summed E-state index contributed by atoms with van der Waals surface area (Å²) in [6.45, 7) is 3.67. The van der Waals surface area contributed by atoms with Gasteiger partial charge in [0.05, 0.1) is 31.7 Å². The molecule has 1 aromatic carbocycles. The predicted molar refractivity (Wildman–Crippen MR) is 97.1 cm³/mol. The van der Waals surface area contributed by atoms with Crippen LogP contribution in [-0.4, -0.2) is 43.8 Å². The van der Waals surface area contributed by atoms with Gasteiger partial charge in [-0.05, 0) is 30.7 Å². The van der Waals surface area contributed by atoms with Crippen LogP contribution < -0.4 is 15.0 Å². The number of para-hydroxylation sites is 1. The molecule has 1 N–H and O–H groups in total. The minimum atomic E-state index is -0.0300. The van der Waals surface area contributed by atoms with Crippen LogP contribution in [0.5, 0.6) is 5.75 Å². The molecule has 0 saturated carbocycles. The van der Waals surface area contributed by atoms with Crippen LogP contribution in [0.1, 0.15) is 12.8 Å². The van der Waals surface area contributed by atoms with Gasteiger partial charge in [0.25, 0.3) is 0 Å². The fourth-order valence-corrected chi connectivity index (χ4v) is 2.60. The van der Waals surface area contributed by atoms with Gasteiger partial charge in [0.1, 0.15) is 11.6 Å². The number of carbonyl (C=O) groups is 1. The van der Waals surface area contributed by atoms with Crippen LogP contribution in [0.2, 0.25) is 0 Å². The van der Waals surface area contributed by atoms with Crippen LogP contribution in [-0.2, 0) is 9.53 Å². The summed E-state index contributed by atoms with van der Waals surface area (Å²) in [6.07, 6.45) is 2.78. The maximum absolute atomic E-state index is 12.0. The number of morpholine rings is 1. The second-order valence-corrected chi connectivity index (χ2v) is 5.82. The lowest BCUT2D eigenvalue weighted by Crippen LogP contribution is -2.36. The van der Waals surface area contributed by atoms with Crippen molar-refractivity contribution in [2.45, 2.75) is 12.8 Å². The van der Waals surface area contributed by atoms with Gasteiger partial charge in [-0.15, -0.1) is 0 Å². The van der Waals surface area contributed by atoms with E-state index in [-0.39, 0.29) is 5.91 Å². The standard InChI is InChI=1S/C19H23N3O3/c23-19(7-4-12-25-17-5-2-1-3-6-17)21-16-8-9-18(20-15-16)22-10-13-24-14-11-22/h1-3,5-6,8-9,15H,4,7,10-14H2,(H,21,23). The van der Waals surface area contributed by atoms with Gasteiger partial charge in [-0.3, -0.25) is 4.79 Å². The topological polar surface area (TPSA) is 63.7 Å². The lowest BCUT2D eigenvalue weighted by molar-refractivity contribution is -0.116. The Labute approximate surface area is 147 Å². The van der Waals surface area contributed by atoms with Gasteiger partial charge >= 0.3 is 0 Å². The molecule has 0 spiro atoms. The number of ether oxygens (including phenoxy) is 2. The van der Waals surface area contributed by atoms with E-state index < -0.39 is 0 Å². The quantitative estimate of drug-likeness (QED) is 0.785. The van der Waals surface area contributed by atoms with Gasteiger partial charge in [-0.1, -0.05) is 18.2 Å². The van der Waals surface area contributed by atoms with Gasteiger partial charge in [0.2, 0.25) is 5.91 Å². The average Bonchev–Trinajstić information content (AvgIpc) is 2.67. The molecule has 2 aromatic rings. The van der Waals surface area contributed by atoms with Crippen molar-refractivity contribution in [1.82, 2.24) is 4.98 Å². The minimum Gasteiger partial charge on any atom is -0.494 e. The fraction of sp³-hybridized carbons (Fsp3) is 0.368. The van der Waals surface area contributed by atoms with E-state index in [0.717, 1.165) is 37.9 Å². The molecule has 1 saturated heterocycles. The summed E-state index contributed by atoms with van der Waals surface area (Å²) in [5.41, 5.74) is 0.714. The van der Waals surface area contributed by atoms with Crippen molar-refractivity contribution in [3.63, 3.8) is 0 Å². The number of aromatic nitrogens is 1. The summed E-state index contributed by atoms with van der Waals surface area (Å²) >= 11 is 0. The molecular weight excluding hydrogens is 318 g/mol. The first-order valence-corrected chi connectivity index (χ1v) is 8.58. The summed E-state index contributed by atoms with van der Waals surface area (Å²) in [4.78, 5) is 18.6. The first-order chi connectivity index (χ1) is 12.3. The van der Waals surface area contributed by atoms with Crippen molar-refractivity contribution in [1.29, 1.82) is 0 Å². The van der Waals surface area contributed by atoms with E-state index in [1.807, 2.05) is 42.5 Å². The molecule has 6 nitrogen and oxygen atoms in total. The van der Waals surface area contributed by atoms with Crippen molar-refractivity contribution >= 4 is 17.4 Å². The highest BCUT2D eigenvalue weighted by Crippen LogP contribution is 2.16. The highest BCUT2D eigenvalue weighted by atomic mass is 16.5. The molecule has 1 amide bonds. The number of anilines is 2. The van der Waals surface area contributed by atoms with Crippen LogP contribution in [0, 0.1) is 0 Å². The van der Waals surface area contributed by atoms with Crippen LogP contribution in [0.25, 0.3) is 0 Å². The van der Waals surface area contributed by atoms with E-state index in [4.69, 9.17) is 9.47 Å². The maximum Gasteiger partial charge on any atom is 0.224 e. The third-order valence-corrected chi connectivity index (χ3v) is 3.93. The first-order valence-electron chi connectivity index (χ1n) is 8.58. The molecule has 0 bridgehead atoms. The van der Waals surface area contributed by atoms with Crippen molar-refractivity contribution in [2.75, 3.05) is 43.1 Å². The van der Waals surface area contributed by atoms with Gasteiger partial charge in [0.15, 0.2) is 0 Å². The van der Waals surface area contributed by atoms with Crippen molar-refractivity contribution in [3.05, 3.63) is 48.7 Å². The van der Waals surface area contributed by atoms with Gasteiger partial charge in [-0.25, -0.2) is 4.98 Å². The molecule has 132 valence electrons. The summed E-state index contributed by atoms with van der Waals surface area (Å²) < 4.78 is 10.9. The lowest BCUT2D eigenvalue weighted by atomic mass is 10.3. The fourth-order valence-electron chi connectivity index (χ4n) is 2.60. The molecule has 3 rings (SSSR count). The Bertz CT molecular complexity index is 655. The first kappa shape index (κ1) is 17.2. The minimum absolute atomic E-state index is 0.0300. The zero-order valence-corrected chi connectivity index (χ0v) is 14.2. The number of nitrogens with zero attached hydrogens (tertiary/aromatic N) is 2. The SMILES string of the molecule is O=C(CCCOc1ccccc1)Nc1ccc(N2CCOCC2)nc1. The van der Waals surface area contributed by atoms with E-state index in [2.05, 4.69) is 15.2 Å². The van der Waals surface area contributed by atoms with Crippen molar-refractivity contribution < 1.29 is 14.3 Å². The molecule has 25 heavy (non-hydrogen) atoms. The zero-order valence-electron chi connectivity index (χ0n) is 14.2. The van der Waals surface area contributed by atoms with Crippen LogP contribution >= 0.6 is 0 Å². The van der Waals surface area contributed by atoms with E-state index in [0.29, 0.717) is 25.1 Å². The number of hydrogen-bond acceptors (Lipinski definition) is 5. The highest BCUT2D eigenvalue weighted by molar-refractivity contribution is 5.90. The third-order valence-electron chi connectivity index (χ3n) is 3.93. The molecule has 0 radical (unpaired) electrons. The molecule has 0 atom stereocenters. The molecule has 0 aliphatic carbocycles. The molecule has 1 aliphatic rings. The second-order valence-electron chi connectivity index (χ2n) is 5.82. The van der Waals surface area contributed by atoms with E-state index in [1.165, 1.54) is 0 Å². The lowest BCUT2D eigenvalue weighted by Gasteiger charge is -2.27. The highest BCUT2D eigenvalue weighted by Gasteiger charge is 2.12. The van der Waals surface area contributed by atoms with Crippen molar-refractivity contribution in [2.24, 2.45) is 0 Å². The van der Waals surface area contributed by atoms with Gasteiger partial charge in [0, 0.05) is 19.5 Å². The predicted octanol–water partition coefficient (Wildman–Crippen LogP) is 2.72. The van der Waals surface area contributed by atoms with Crippen LogP contribution in [0.15, 0.2) is 48.7 Å². The summed E-state index contributed by atoms with van der Waals surface area (Å²) in [6, 6.07) is 13.4. The Morgan fingerprint density at radius 1 is 1.16 bits per heavy atom. The van der Waals surface area contributed by atoms with E-state index in [1.54, 1.807) is 6.20 Å². The zero-order chi connectivity index (χ0) is 17.3. The Hall–Kier alpha value is -2.60. The normalized spacial score (nSPS) is 14.2. The number of amides is 1. The Balaban J connectivity index is 1.38. The Morgan fingerprint density at radius 3 is 2.68 bits per heavy atom. The Morgan fingerprint density at radius 2 is 1.96 bits per heavy atom. The number of benzene rings is 1. The molecule has 1 aliphatic heterocycles. The maximum atomic E-state index is 12.0. The third kappa shape index (κ3) is 5.46. The number of rotatable bonds is 7. The summed E-state index contributed by atoms with van der Waals surface area (Å²) in [7, 11) is 0.